The number of hydrogen-bond donors (Lipinski definition) is 1. The Bertz CT molecular complexity index is 1450. The molecule has 0 aliphatic heterocycles. The fourth-order valence-electron chi connectivity index (χ4n) is 3.66. The Morgan fingerprint density at radius 2 is 1.51 bits per heavy atom. The monoisotopic (exact) mass is 530 g/mol. The highest BCUT2D eigenvalue weighted by Crippen LogP contribution is 2.29. The van der Waals surface area contributed by atoms with E-state index >= 15 is 0 Å². The van der Waals surface area contributed by atoms with Crippen LogP contribution in [0.5, 0.6) is 11.5 Å². The molecule has 2 aromatic heterocycles. The van der Waals surface area contributed by atoms with Crippen LogP contribution >= 0.6 is 35.8 Å². The summed E-state index contributed by atoms with van der Waals surface area (Å²) in [4.78, 5) is 18.8. The molecule has 4 aromatic rings. The van der Waals surface area contributed by atoms with Crippen molar-refractivity contribution in [2.45, 2.75) is 20.8 Å². The first kappa shape index (κ1) is 26.8. The number of nitrogens with one attached hydrogen (secondary N) is 1. The molecule has 1 N–H and O–H groups in total. The van der Waals surface area contributed by atoms with Gasteiger partial charge in [0.1, 0.15) is 10.3 Å². The maximum atomic E-state index is 13.3. The van der Waals surface area contributed by atoms with Crippen molar-refractivity contribution < 1.29 is 9.47 Å². The second-order valence-corrected chi connectivity index (χ2v) is 9.48. The van der Waals surface area contributed by atoms with Crippen molar-refractivity contribution in [2.75, 3.05) is 33.9 Å². The van der Waals surface area contributed by atoms with Crippen LogP contribution in [0, 0.1) is 8.73 Å². The normalized spacial score (nSPS) is 10.8. The molecule has 0 spiro atoms. The first-order valence-electron chi connectivity index (χ1n) is 11.3. The molecule has 7 nitrogen and oxygen atoms in total. The maximum Gasteiger partial charge on any atom is 0.278 e. The molecule has 0 aliphatic rings. The van der Waals surface area contributed by atoms with E-state index in [-0.39, 0.29) is 10.3 Å². The number of ether oxygens (including phenoxy) is 2. The van der Waals surface area contributed by atoms with Crippen LogP contribution < -0.4 is 15.0 Å². The molecule has 0 saturated carbocycles. The summed E-state index contributed by atoms with van der Waals surface area (Å²) in [7, 11) is 3.10. The van der Waals surface area contributed by atoms with Crippen LogP contribution in [-0.4, -0.2) is 52.9 Å². The summed E-state index contributed by atoms with van der Waals surface area (Å²) in [5.74, 6) is 1.08. The maximum absolute atomic E-state index is 13.3. The van der Waals surface area contributed by atoms with Gasteiger partial charge in [-0.3, -0.25) is 13.9 Å². The topological polar surface area (TPSA) is 64.4 Å². The van der Waals surface area contributed by atoms with Crippen LogP contribution in [0.3, 0.4) is 0 Å². The van der Waals surface area contributed by atoms with Gasteiger partial charge in [0.05, 0.1) is 19.9 Å². The third-order valence-electron chi connectivity index (χ3n) is 5.62. The number of thiazole rings is 1. The van der Waals surface area contributed by atoms with E-state index in [0.717, 1.165) is 5.69 Å². The Morgan fingerprint density at radius 1 is 0.886 bits per heavy atom. The van der Waals surface area contributed by atoms with E-state index in [4.69, 9.17) is 33.9 Å². The van der Waals surface area contributed by atoms with Crippen molar-refractivity contribution >= 4 is 46.1 Å². The van der Waals surface area contributed by atoms with Crippen LogP contribution in [0.25, 0.3) is 21.7 Å². The minimum atomic E-state index is -0.239. The second kappa shape index (κ2) is 12.3. The van der Waals surface area contributed by atoms with Gasteiger partial charge in [-0.1, -0.05) is 50.3 Å². The summed E-state index contributed by atoms with van der Waals surface area (Å²) in [5, 5.41) is 0. The van der Waals surface area contributed by atoms with E-state index in [1.165, 1.54) is 35.5 Å². The molecule has 0 fully saturated rings. The third kappa shape index (κ3) is 5.72. The number of fused-ring (bicyclic) bond motifs is 1. The van der Waals surface area contributed by atoms with Gasteiger partial charge in [-0.25, -0.2) is 0 Å². The minimum Gasteiger partial charge on any atom is -0.493 e. The highest BCUT2D eigenvalue weighted by atomic mass is 32.1. The molecular formula is C25H30N4O3S3. The molecule has 2 heterocycles. The Labute approximate surface area is 219 Å². The van der Waals surface area contributed by atoms with Gasteiger partial charge in [-0.05, 0) is 68.3 Å². The number of aromatic nitrogens is 3. The number of nitrogens with zero attached hydrogens (tertiary/aromatic N) is 3. The largest absolute Gasteiger partial charge is 0.493 e. The average Bonchev–Trinajstić information content (AvgIpc) is 3.21. The van der Waals surface area contributed by atoms with Gasteiger partial charge < -0.3 is 19.4 Å². The first-order valence-corrected chi connectivity index (χ1v) is 12.9. The summed E-state index contributed by atoms with van der Waals surface area (Å²) in [6.45, 7) is 10.1. The Hall–Kier alpha value is -2.79. The number of hydrogen-bond acceptors (Lipinski definition) is 7. The van der Waals surface area contributed by atoms with Crippen LogP contribution in [0.4, 0.5) is 0 Å². The van der Waals surface area contributed by atoms with Gasteiger partial charge in [-0.2, -0.15) is 0 Å². The van der Waals surface area contributed by atoms with Crippen LogP contribution in [0.15, 0.2) is 53.3 Å². The predicted octanol–water partition coefficient (Wildman–Crippen LogP) is 6.00. The van der Waals surface area contributed by atoms with Gasteiger partial charge in [0.15, 0.2) is 20.2 Å². The third-order valence-corrected chi connectivity index (χ3v) is 7.26. The van der Waals surface area contributed by atoms with Crippen LogP contribution in [0.1, 0.15) is 20.8 Å². The molecule has 0 amide bonds. The summed E-state index contributed by atoms with van der Waals surface area (Å²) in [6, 6.07) is 14.8. The molecule has 0 atom stereocenters. The van der Waals surface area contributed by atoms with Crippen molar-refractivity contribution in [1.29, 1.82) is 0 Å². The summed E-state index contributed by atoms with van der Waals surface area (Å²) in [6.07, 6.45) is 0. The zero-order valence-electron chi connectivity index (χ0n) is 20.5. The van der Waals surface area contributed by atoms with Crippen molar-refractivity contribution in [3.05, 3.63) is 67.6 Å². The first-order chi connectivity index (χ1) is 16.9. The van der Waals surface area contributed by atoms with Crippen molar-refractivity contribution in [3.63, 3.8) is 0 Å². The molecule has 0 aliphatic carbocycles. The Kier molecular flexibility index (Phi) is 9.39. The number of benzene rings is 2. The highest BCUT2D eigenvalue weighted by molar-refractivity contribution is 7.73. The predicted molar refractivity (Wildman–Crippen MR) is 149 cm³/mol. The molecule has 0 saturated heterocycles. The second-order valence-electron chi connectivity index (χ2n) is 7.45. The molecule has 186 valence electrons. The lowest BCUT2D eigenvalue weighted by atomic mass is 10.2. The number of para-hydroxylation sites is 1. The molecule has 2 aromatic carbocycles. The zero-order chi connectivity index (χ0) is 25.5. The summed E-state index contributed by atoms with van der Waals surface area (Å²) < 4.78 is 15.2. The highest BCUT2D eigenvalue weighted by Gasteiger charge is 2.16. The Morgan fingerprint density at radius 3 is 2.06 bits per heavy atom. The zero-order valence-corrected chi connectivity index (χ0v) is 23.0. The quantitative estimate of drug-likeness (QED) is 0.296. The van der Waals surface area contributed by atoms with Crippen LogP contribution in [-0.2, 0) is 0 Å². The molecule has 35 heavy (non-hydrogen) atoms. The lowest BCUT2D eigenvalue weighted by Crippen LogP contribution is -2.21. The fraction of sp³-hybridized carbons (Fsp3) is 0.320. The molecule has 10 heteroatoms. The van der Waals surface area contributed by atoms with E-state index < -0.39 is 0 Å². The van der Waals surface area contributed by atoms with Gasteiger partial charge in [0.2, 0.25) is 0 Å². The number of H-pyrrole nitrogens is 1. The van der Waals surface area contributed by atoms with Gasteiger partial charge in [-0.15, -0.1) is 0 Å². The van der Waals surface area contributed by atoms with Crippen LogP contribution in [0.2, 0.25) is 0 Å². The molecule has 0 unspecified atom stereocenters. The van der Waals surface area contributed by atoms with E-state index in [2.05, 4.69) is 30.7 Å². The smallest absolute Gasteiger partial charge is 0.278 e. The van der Waals surface area contributed by atoms with E-state index in [1.807, 2.05) is 34.9 Å². The standard InChI is InChI=1S/C19H15N3O3S3.C6H15N/c1-24-13-9-8-12(10-14(13)25-2)22-17(23)15-16(20-18(22)26)21(19(27)28-15)11-6-4-3-5-7-11;1-4-7(5-2)6-3/h3-10H,1-2H3,(H,20,26);4-6H2,1-3H3. The Balaban J connectivity index is 0.000000429. The van der Waals surface area contributed by atoms with Gasteiger partial charge >= 0.3 is 0 Å². The lowest BCUT2D eigenvalue weighted by Gasteiger charge is -2.13. The number of aromatic amines is 1. The number of methoxy groups -OCH3 is 2. The molecule has 4 rings (SSSR count). The number of rotatable bonds is 7. The average molecular weight is 531 g/mol. The van der Waals surface area contributed by atoms with Crippen molar-refractivity contribution in [2.24, 2.45) is 0 Å². The lowest BCUT2D eigenvalue weighted by molar-refractivity contribution is 0.321. The molecule has 0 radical (unpaired) electrons. The summed E-state index contributed by atoms with van der Waals surface area (Å²) in [5.41, 5.74) is 1.80. The van der Waals surface area contributed by atoms with Gasteiger partial charge in [0.25, 0.3) is 5.56 Å². The van der Waals surface area contributed by atoms with Crippen molar-refractivity contribution in [1.82, 2.24) is 19.0 Å². The SMILES string of the molecule is CCN(CC)CC.COc1ccc(-n2c(=S)[nH]c3c(sc(=S)n3-c3ccccc3)c2=O)cc1OC. The minimum absolute atomic E-state index is 0.239. The van der Waals surface area contributed by atoms with E-state index in [9.17, 15) is 4.79 Å². The van der Waals surface area contributed by atoms with Crippen molar-refractivity contribution in [3.8, 4) is 22.9 Å². The van der Waals surface area contributed by atoms with E-state index in [1.54, 1.807) is 32.4 Å². The van der Waals surface area contributed by atoms with Gasteiger partial charge in [0, 0.05) is 11.8 Å². The molecule has 0 bridgehead atoms. The van der Waals surface area contributed by atoms with E-state index in [0.29, 0.717) is 31.5 Å². The summed E-state index contributed by atoms with van der Waals surface area (Å²) >= 11 is 12.3. The fourth-order valence-corrected chi connectivity index (χ4v) is 5.28. The molecular weight excluding hydrogens is 501 g/mol.